The molecule has 4 rings (SSSR count). The van der Waals surface area contributed by atoms with E-state index in [0.29, 0.717) is 41.8 Å². The second kappa shape index (κ2) is 10.1. The third-order valence-corrected chi connectivity index (χ3v) is 7.39. The third kappa shape index (κ3) is 5.14. The molecule has 0 fully saturated rings. The van der Waals surface area contributed by atoms with Crippen molar-refractivity contribution in [3.63, 3.8) is 0 Å². The van der Waals surface area contributed by atoms with E-state index in [2.05, 4.69) is 5.32 Å². The van der Waals surface area contributed by atoms with Crippen LogP contribution in [0.1, 0.15) is 22.2 Å². The van der Waals surface area contributed by atoms with Crippen molar-refractivity contribution in [2.75, 3.05) is 18.5 Å². The van der Waals surface area contributed by atoms with Gasteiger partial charge in [-0.15, -0.1) is 22.7 Å². The number of amides is 1. The molecule has 1 amide bonds. The number of ether oxygens (including phenoxy) is 2. The predicted octanol–water partition coefficient (Wildman–Crippen LogP) is 6.83. The van der Waals surface area contributed by atoms with Gasteiger partial charge in [0.25, 0.3) is 5.91 Å². The number of hydrogen-bond acceptors (Lipinski definition) is 7. The molecule has 4 aromatic rings. The summed E-state index contributed by atoms with van der Waals surface area (Å²) in [6, 6.07) is 12.5. The highest BCUT2D eigenvalue weighted by molar-refractivity contribution is 7.23. The molecule has 0 spiro atoms. The summed E-state index contributed by atoms with van der Waals surface area (Å²) in [5, 5.41) is 4.85. The van der Waals surface area contributed by atoms with E-state index < -0.39 is 11.9 Å². The minimum Gasteiger partial charge on any atom is -0.482 e. The highest BCUT2D eigenvalue weighted by Crippen LogP contribution is 2.43. The average molecular weight is 521 g/mol. The highest BCUT2D eigenvalue weighted by atomic mass is 35.5. The van der Waals surface area contributed by atoms with Crippen molar-refractivity contribution < 1.29 is 19.1 Å². The van der Waals surface area contributed by atoms with E-state index >= 15 is 0 Å². The number of fused-ring (bicyclic) bond motifs is 1. The Hall–Kier alpha value is -2.65. The molecule has 0 radical (unpaired) electrons. The minimum absolute atomic E-state index is 0.254. The highest BCUT2D eigenvalue weighted by Gasteiger charge is 2.25. The molecule has 0 aliphatic carbocycles. The molecule has 6 nitrogen and oxygen atoms in total. The van der Waals surface area contributed by atoms with Gasteiger partial charge in [-0.1, -0.05) is 35.3 Å². The van der Waals surface area contributed by atoms with E-state index in [-0.39, 0.29) is 13.2 Å². The Balaban J connectivity index is 1.63. The van der Waals surface area contributed by atoms with Gasteiger partial charge in [0.15, 0.2) is 6.61 Å². The number of nitrogens with one attached hydrogen (secondary N) is 1. The summed E-state index contributed by atoms with van der Waals surface area (Å²) < 4.78 is 11.7. The number of thiazole rings is 1. The van der Waals surface area contributed by atoms with E-state index in [0.717, 1.165) is 21.6 Å². The lowest BCUT2D eigenvalue weighted by atomic mass is 10.1. The van der Waals surface area contributed by atoms with Gasteiger partial charge >= 0.3 is 5.97 Å². The van der Waals surface area contributed by atoms with Crippen LogP contribution in [0.25, 0.3) is 20.8 Å². The lowest BCUT2D eigenvalue weighted by Gasteiger charge is -2.09. The van der Waals surface area contributed by atoms with E-state index in [1.54, 1.807) is 19.1 Å². The molecule has 170 valence electrons. The van der Waals surface area contributed by atoms with Crippen molar-refractivity contribution in [3.05, 3.63) is 63.0 Å². The number of carbonyl (C=O) groups excluding carboxylic acids is 2. The number of esters is 1. The van der Waals surface area contributed by atoms with Crippen molar-refractivity contribution in [2.24, 2.45) is 0 Å². The first-order chi connectivity index (χ1) is 15.9. The average Bonchev–Trinajstić information content (AvgIpc) is 3.33. The number of para-hydroxylation sites is 1. The van der Waals surface area contributed by atoms with Crippen LogP contribution in [-0.2, 0) is 9.53 Å². The zero-order valence-corrected chi connectivity index (χ0v) is 20.8. The molecule has 0 atom stereocenters. The Morgan fingerprint density at radius 3 is 2.64 bits per heavy atom. The minimum atomic E-state index is -0.438. The molecule has 1 N–H and O–H groups in total. The topological polar surface area (TPSA) is 77.5 Å². The fourth-order valence-corrected chi connectivity index (χ4v) is 5.85. The molecule has 2 heterocycles. The first-order valence-corrected chi connectivity index (χ1v) is 12.3. The predicted molar refractivity (Wildman–Crippen MR) is 134 cm³/mol. The quantitative estimate of drug-likeness (QED) is 0.270. The molecule has 2 aromatic carbocycles. The smallest absolute Gasteiger partial charge is 0.348 e. The maximum atomic E-state index is 12.7. The van der Waals surface area contributed by atoms with Gasteiger partial charge in [0.05, 0.1) is 21.8 Å². The largest absolute Gasteiger partial charge is 0.482 e. The van der Waals surface area contributed by atoms with Gasteiger partial charge in [0.1, 0.15) is 20.6 Å². The molecule has 0 aliphatic rings. The molecule has 33 heavy (non-hydrogen) atoms. The summed E-state index contributed by atoms with van der Waals surface area (Å²) in [4.78, 5) is 30.3. The van der Waals surface area contributed by atoms with Crippen molar-refractivity contribution in [1.82, 2.24) is 4.98 Å². The van der Waals surface area contributed by atoms with Gasteiger partial charge in [-0.3, -0.25) is 4.79 Å². The van der Waals surface area contributed by atoms with Gasteiger partial charge in [-0.25, -0.2) is 9.78 Å². The monoisotopic (exact) mass is 520 g/mol. The SMILES string of the molecule is CCOC(=O)c1sc(NC(=O)COc2ccc(Cl)cc2Cl)c(-c2nc3ccccc3s2)c1C. The molecule has 0 saturated carbocycles. The Morgan fingerprint density at radius 1 is 1.12 bits per heavy atom. The van der Waals surface area contributed by atoms with E-state index in [1.807, 2.05) is 31.2 Å². The van der Waals surface area contributed by atoms with Gasteiger partial charge in [0, 0.05) is 10.6 Å². The van der Waals surface area contributed by atoms with Crippen LogP contribution in [0, 0.1) is 6.92 Å². The summed E-state index contributed by atoms with van der Waals surface area (Å²) in [6.07, 6.45) is 0. The summed E-state index contributed by atoms with van der Waals surface area (Å²) in [6.45, 7) is 3.55. The van der Waals surface area contributed by atoms with Crippen molar-refractivity contribution in [3.8, 4) is 16.3 Å². The van der Waals surface area contributed by atoms with Crippen LogP contribution < -0.4 is 10.1 Å². The van der Waals surface area contributed by atoms with E-state index in [4.69, 9.17) is 37.7 Å². The first-order valence-electron chi connectivity index (χ1n) is 9.91. The summed E-state index contributed by atoms with van der Waals surface area (Å²) >= 11 is 14.6. The molecule has 0 saturated heterocycles. The van der Waals surface area contributed by atoms with Crippen molar-refractivity contribution in [1.29, 1.82) is 0 Å². The molecular formula is C23H18Cl2N2O4S2. The Labute approximate surface area is 208 Å². The summed E-state index contributed by atoms with van der Waals surface area (Å²) in [7, 11) is 0. The fraction of sp³-hybridized carbons (Fsp3) is 0.174. The van der Waals surface area contributed by atoms with Crippen LogP contribution in [0.4, 0.5) is 5.00 Å². The molecule has 0 aliphatic heterocycles. The van der Waals surface area contributed by atoms with Crippen molar-refractivity contribution in [2.45, 2.75) is 13.8 Å². The standard InChI is InChI=1S/C23H18Cl2N2O4S2/c1-3-30-23(29)20-12(2)19(21-26-15-6-4-5-7-17(15)32-21)22(33-20)27-18(28)11-31-16-9-8-13(24)10-14(16)25/h4-10H,3,11H2,1-2H3,(H,27,28). The van der Waals surface area contributed by atoms with Crippen LogP contribution in [0.5, 0.6) is 5.75 Å². The number of aromatic nitrogens is 1. The number of benzene rings is 2. The van der Waals surface area contributed by atoms with Crippen LogP contribution >= 0.6 is 45.9 Å². The summed E-state index contributed by atoms with van der Waals surface area (Å²) in [5.41, 5.74) is 2.25. The Bertz CT molecular complexity index is 1320. The lowest BCUT2D eigenvalue weighted by molar-refractivity contribution is -0.118. The molecule has 10 heteroatoms. The van der Waals surface area contributed by atoms with Gasteiger partial charge in [-0.05, 0) is 49.7 Å². The molecule has 2 aromatic heterocycles. The number of thiophene rings is 1. The molecular weight excluding hydrogens is 503 g/mol. The van der Waals surface area contributed by atoms with Gasteiger partial charge in [0.2, 0.25) is 0 Å². The zero-order valence-electron chi connectivity index (χ0n) is 17.6. The molecule has 0 bridgehead atoms. The number of anilines is 1. The third-order valence-electron chi connectivity index (χ3n) is 4.62. The number of carbonyl (C=O) groups is 2. The van der Waals surface area contributed by atoms with Gasteiger partial charge < -0.3 is 14.8 Å². The number of hydrogen-bond donors (Lipinski definition) is 1. The van der Waals surface area contributed by atoms with Gasteiger partial charge in [-0.2, -0.15) is 0 Å². The molecule has 0 unspecified atom stereocenters. The zero-order chi connectivity index (χ0) is 23.5. The van der Waals surface area contributed by atoms with Crippen LogP contribution in [0.3, 0.4) is 0 Å². The van der Waals surface area contributed by atoms with E-state index in [1.165, 1.54) is 17.4 Å². The van der Waals surface area contributed by atoms with Crippen LogP contribution in [0.15, 0.2) is 42.5 Å². The number of rotatable bonds is 7. The maximum absolute atomic E-state index is 12.7. The maximum Gasteiger partial charge on any atom is 0.348 e. The first kappa shape index (κ1) is 23.5. The second-order valence-electron chi connectivity index (χ2n) is 6.88. The number of nitrogens with zero attached hydrogens (tertiary/aromatic N) is 1. The Kier molecular flexibility index (Phi) is 7.19. The van der Waals surface area contributed by atoms with Crippen molar-refractivity contribution >= 4 is 73.0 Å². The van der Waals surface area contributed by atoms with Crippen LogP contribution in [-0.4, -0.2) is 30.1 Å². The normalized spacial score (nSPS) is 10.9. The lowest BCUT2D eigenvalue weighted by Crippen LogP contribution is -2.20. The fourth-order valence-electron chi connectivity index (χ4n) is 3.13. The van der Waals surface area contributed by atoms with Crippen LogP contribution in [0.2, 0.25) is 10.0 Å². The second-order valence-corrected chi connectivity index (χ2v) is 9.77. The van der Waals surface area contributed by atoms with E-state index in [9.17, 15) is 9.59 Å². The Morgan fingerprint density at radius 2 is 1.91 bits per heavy atom. The summed E-state index contributed by atoms with van der Waals surface area (Å²) in [5.74, 6) is -0.496. The number of halogens is 2.